The Morgan fingerprint density at radius 2 is 1.88 bits per heavy atom. The molecule has 0 bridgehead atoms. The van der Waals surface area contributed by atoms with Gasteiger partial charge < -0.3 is 14.8 Å². The zero-order chi connectivity index (χ0) is 11.8. The molecule has 1 fully saturated rings. The summed E-state index contributed by atoms with van der Waals surface area (Å²) in [6, 6.07) is 4.02. The van der Waals surface area contributed by atoms with E-state index in [2.05, 4.69) is 5.32 Å². The van der Waals surface area contributed by atoms with Crippen molar-refractivity contribution in [1.82, 2.24) is 5.32 Å². The summed E-state index contributed by atoms with van der Waals surface area (Å²) in [6.45, 7) is 3.03. The monoisotopic (exact) mass is 233 g/mol. The summed E-state index contributed by atoms with van der Waals surface area (Å²) in [6.07, 6.45) is 2.19. The van der Waals surface area contributed by atoms with Crippen molar-refractivity contribution in [1.29, 1.82) is 0 Å². The van der Waals surface area contributed by atoms with Gasteiger partial charge in [0, 0.05) is 11.6 Å². The van der Waals surface area contributed by atoms with Gasteiger partial charge in [0.15, 0.2) is 11.5 Å². The van der Waals surface area contributed by atoms with Crippen LogP contribution in [0.15, 0.2) is 12.1 Å². The molecule has 1 aliphatic heterocycles. The first-order valence-corrected chi connectivity index (χ1v) is 5.95. The number of benzene rings is 1. The summed E-state index contributed by atoms with van der Waals surface area (Å²) in [4.78, 5) is 12.0. The fourth-order valence-corrected chi connectivity index (χ4v) is 1.93. The van der Waals surface area contributed by atoms with Crippen LogP contribution in [0.5, 0.6) is 11.5 Å². The number of amides is 1. The van der Waals surface area contributed by atoms with Crippen molar-refractivity contribution in [2.24, 2.45) is 0 Å². The van der Waals surface area contributed by atoms with Crippen molar-refractivity contribution >= 4 is 5.91 Å². The summed E-state index contributed by atoms with van der Waals surface area (Å²) in [5, 5.41) is 2.98. The number of rotatable bonds is 2. The van der Waals surface area contributed by atoms with Crippen LogP contribution < -0.4 is 14.8 Å². The van der Waals surface area contributed by atoms with Gasteiger partial charge in [-0.25, -0.2) is 0 Å². The van der Waals surface area contributed by atoms with Gasteiger partial charge in [-0.05, 0) is 37.5 Å². The minimum absolute atomic E-state index is 0.0121. The highest BCUT2D eigenvalue weighted by Gasteiger charge is 2.25. The number of hydrogen-bond acceptors (Lipinski definition) is 3. The third-order valence-electron chi connectivity index (χ3n) is 3.05. The van der Waals surface area contributed by atoms with Crippen molar-refractivity contribution in [2.45, 2.75) is 25.8 Å². The third-order valence-corrected chi connectivity index (χ3v) is 3.05. The minimum atomic E-state index is -0.0121. The van der Waals surface area contributed by atoms with Gasteiger partial charge in [-0.3, -0.25) is 4.79 Å². The molecule has 4 nitrogen and oxygen atoms in total. The molecule has 1 aromatic rings. The molecule has 2 aliphatic rings. The molecule has 4 heteroatoms. The molecule has 0 unspecified atom stereocenters. The van der Waals surface area contributed by atoms with E-state index < -0.39 is 0 Å². The lowest BCUT2D eigenvalue weighted by Gasteiger charge is -2.20. The maximum Gasteiger partial charge on any atom is 0.251 e. The van der Waals surface area contributed by atoms with Gasteiger partial charge >= 0.3 is 0 Å². The van der Waals surface area contributed by atoms with E-state index in [0.717, 1.165) is 24.2 Å². The summed E-state index contributed by atoms with van der Waals surface area (Å²) >= 11 is 0. The lowest BCUT2D eigenvalue weighted by atomic mass is 10.1. The van der Waals surface area contributed by atoms with Crippen LogP contribution in [-0.2, 0) is 0 Å². The number of aryl methyl sites for hydroxylation is 1. The number of fused-ring (bicyclic) bond motifs is 1. The van der Waals surface area contributed by atoms with E-state index in [9.17, 15) is 4.79 Å². The zero-order valence-electron chi connectivity index (χ0n) is 9.79. The Balaban J connectivity index is 1.89. The van der Waals surface area contributed by atoms with E-state index in [4.69, 9.17) is 9.47 Å². The highest BCUT2D eigenvalue weighted by atomic mass is 16.6. The molecule has 0 saturated heterocycles. The average molecular weight is 233 g/mol. The van der Waals surface area contributed by atoms with Crippen LogP contribution in [0.1, 0.15) is 28.8 Å². The minimum Gasteiger partial charge on any atom is -0.486 e. The van der Waals surface area contributed by atoms with Gasteiger partial charge in [0.05, 0.1) is 0 Å². The summed E-state index contributed by atoms with van der Waals surface area (Å²) in [7, 11) is 0. The molecule has 17 heavy (non-hydrogen) atoms. The molecule has 0 spiro atoms. The fraction of sp³-hybridized carbons (Fsp3) is 0.462. The Morgan fingerprint density at radius 3 is 2.53 bits per heavy atom. The molecule has 1 heterocycles. The molecular weight excluding hydrogens is 218 g/mol. The van der Waals surface area contributed by atoms with Crippen LogP contribution >= 0.6 is 0 Å². The molecule has 90 valence electrons. The van der Waals surface area contributed by atoms with E-state index in [-0.39, 0.29) is 5.91 Å². The molecule has 1 aromatic carbocycles. The molecule has 0 aromatic heterocycles. The standard InChI is InChI=1S/C13H15NO3/c1-8-6-11-12(17-5-4-16-11)7-10(8)13(15)14-9-2-3-9/h6-7,9H,2-5H2,1H3,(H,14,15). The van der Waals surface area contributed by atoms with E-state index in [1.165, 1.54) is 0 Å². The summed E-state index contributed by atoms with van der Waals surface area (Å²) in [5.41, 5.74) is 1.61. The zero-order valence-corrected chi connectivity index (χ0v) is 9.79. The lowest BCUT2D eigenvalue weighted by Crippen LogP contribution is -2.26. The summed E-state index contributed by atoms with van der Waals surface area (Å²) < 4.78 is 11.0. The predicted octanol–water partition coefficient (Wildman–Crippen LogP) is 1.66. The number of carbonyl (C=O) groups excluding carboxylic acids is 1. The van der Waals surface area contributed by atoms with E-state index >= 15 is 0 Å². The van der Waals surface area contributed by atoms with Gasteiger partial charge in [0.1, 0.15) is 13.2 Å². The molecule has 1 amide bonds. The molecule has 0 atom stereocenters. The van der Waals surface area contributed by atoms with Gasteiger partial charge in [-0.1, -0.05) is 0 Å². The maximum absolute atomic E-state index is 12.0. The van der Waals surface area contributed by atoms with Crippen molar-refractivity contribution in [2.75, 3.05) is 13.2 Å². The molecule has 1 aliphatic carbocycles. The van der Waals surface area contributed by atoms with E-state index in [1.54, 1.807) is 6.07 Å². The number of ether oxygens (including phenoxy) is 2. The van der Waals surface area contributed by atoms with Gasteiger partial charge in [0.25, 0.3) is 5.91 Å². The van der Waals surface area contributed by atoms with Crippen LogP contribution in [0.4, 0.5) is 0 Å². The average Bonchev–Trinajstić information content (AvgIpc) is 3.12. The van der Waals surface area contributed by atoms with Crippen LogP contribution in [0.2, 0.25) is 0 Å². The number of nitrogens with one attached hydrogen (secondary N) is 1. The quantitative estimate of drug-likeness (QED) is 0.845. The Bertz CT molecular complexity index is 466. The van der Waals surface area contributed by atoms with E-state index in [0.29, 0.717) is 30.6 Å². The van der Waals surface area contributed by atoms with Crippen LogP contribution in [0.25, 0.3) is 0 Å². The van der Waals surface area contributed by atoms with Gasteiger partial charge in [-0.2, -0.15) is 0 Å². The predicted molar refractivity (Wildman–Crippen MR) is 62.7 cm³/mol. The molecule has 3 rings (SSSR count). The lowest BCUT2D eigenvalue weighted by molar-refractivity contribution is 0.0949. The second-order valence-electron chi connectivity index (χ2n) is 4.56. The van der Waals surface area contributed by atoms with Crippen molar-refractivity contribution in [3.8, 4) is 11.5 Å². The normalized spacial score (nSPS) is 17.7. The van der Waals surface area contributed by atoms with Crippen LogP contribution in [0.3, 0.4) is 0 Å². The van der Waals surface area contributed by atoms with E-state index in [1.807, 2.05) is 13.0 Å². The third kappa shape index (κ3) is 2.07. The van der Waals surface area contributed by atoms with Gasteiger partial charge in [-0.15, -0.1) is 0 Å². The topological polar surface area (TPSA) is 47.6 Å². The first-order chi connectivity index (χ1) is 8.24. The second kappa shape index (κ2) is 3.95. The van der Waals surface area contributed by atoms with Crippen molar-refractivity contribution in [3.63, 3.8) is 0 Å². The number of hydrogen-bond donors (Lipinski definition) is 1. The molecule has 0 radical (unpaired) electrons. The maximum atomic E-state index is 12.0. The first-order valence-electron chi connectivity index (χ1n) is 5.95. The Labute approximate surface area is 99.9 Å². The largest absolute Gasteiger partial charge is 0.486 e. The summed E-state index contributed by atoms with van der Waals surface area (Å²) in [5.74, 6) is 1.39. The van der Waals surface area contributed by atoms with Crippen molar-refractivity contribution < 1.29 is 14.3 Å². The number of carbonyl (C=O) groups is 1. The van der Waals surface area contributed by atoms with Crippen LogP contribution in [-0.4, -0.2) is 25.2 Å². The highest BCUT2D eigenvalue weighted by molar-refractivity contribution is 5.96. The SMILES string of the molecule is Cc1cc2c(cc1C(=O)NC1CC1)OCCO2. The van der Waals surface area contributed by atoms with Crippen LogP contribution in [0, 0.1) is 6.92 Å². The smallest absolute Gasteiger partial charge is 0.251 e. The molecular formula is C13H15NO3. The Kier molecular flexibility index (Phi) is 2.42. The molecule has 1 saturated carbocycles. The second-order valence-corrected chi connectivity index (χ2v) is 4.56. The highest BCUT2D eigenvalue weighted by Crippen LogP contribution is 2.33. The van der Waals surface area contributed by atoms with Gasteiger partial charge in [0.2, 0.25) is 0 Å². The first kappa shape index (κ1) is 10.4. The fourth-order valence-electron chi connectivity index (χ4n) is 1.93. The molecule has 1 N–H and O–H groups in total. The Hall–Kier alpha value is -1.71. The Morgan fingerprint density at radius 1 is 1.24 bits per heavy atom. The van der Waals surface area contributed by atoms with Crippen molar-refractivity contribution in [3.05, 3.63) is 23.3 Å².